The van der Waals surface area contributed by atoms with Gasteiger partial charge in [0, 0.05) is 0 Å². The van der Waals surface area contributed by atoms with E-state index in [9.17, 15) is 10.2 Å². The van der Waals surface area contributed by atoms with Gasteiger partial charge in [-0.3, -0.25) is 0 Å². The van der Waals surface area contributed by atoms with E-state index >= 15 is 0 Å². The summed E-state index contributed by atoms with van der Waals surface area (Å²) in [5, 5.41) is 30.1. The molecule has 0 aromatic heterocycles. The summed E-state index contributed by atoms with van der Waals surface area (Å²) in [6.45, 7) is 0. The van der Waals surface area contributed by atoms with Gasteiger partial charge in [0.15, 0.2) is 11.2 Å². The third-order valence-electron chi connectivity index (χ3n) is 7.24. The van der Waals surface area contributed by atoms with Crippen LogP contribution in [0.5, 0.6) is 0 Å². The quantitative estimate of drug-likeness (QED) is 0.283. The summed E-state index contributed by atoms with van der Waals surface area (Å²) < 4.78 is 0. The van der Waals surface area contributed by atoms with Crippen molar-refractivity contribution in [3.8, 4) is 0 Å². The van der Waals surface area contributed by atoms with Crippen molar-refractivity contribution in [1.82, 2.24) is 0 Å². The van der Waals surface area contributed by atoms with Gasteiger partial charge >= 0.3 is 0 Å². The number of benzene rings is 6. The lowest BCUT2D eigenvalue weighted by Gasteiger charge is -2.45. The zero-order valence-corrected chi connectivity index (χ0v) is 19.8. The molecule has 6 rings (SSSR count). The molecule has 0 aliphatic heterocycles. The summed E-state index contributed by atoms with van der Waals surface area (Å²) in [5.41, 5.74) is -1.12. The fourth-order valence-corrected chi connectivity index (χ4v) is 5.36. The molecule has 0 saturated carbocycles. The Hall–Kier alpha value is -4.24. The fraction of sp³-hybridized carbons (Fsp3) is 0.0588. The van der Waals surface area contributed by atoms with Crippen LogP contribution < -0.4 is 0 Å². The molecule has 0 saturated heterocycles. The molecule has 6 aromatic rings. The third kappa shape index (κ3) is 3.43. The average Bonchev–Trinajstić information content (AvgIpc) is 2.96. The first-order chi connectivity index (χ1) is 17.6. The van der Waals surface area contributed by atoms with Crippen molar-refractivity contribution in [2.45, 2.75) is 11.2 Å². The zero-order valence-electron chi connectivity index (χ0n) is 19.8. The molecule has 2 unspecified atom stereocenters. The maximum absolute atomic E-state index is 13.0. The molecular formula is C34H26O2. The Kier molecular flexibility index (Phi) is 5.41. The molecule has 0 aliphatic rings. The van der Waals surface area contributed by atoms with Gasteiger partial charge in [0.25, 0.3) is 0 Å². The lowest BCUT2D eigenvalue weighted by molar-refractivity contribution is -0.112. The van der Waals surface area contributed by atoms with E-state index in [-0.39, 0.29) is 0 Å². The van der Waals surface area contributed by atoms with Crippen molar-refractivity contribution < 1.29 is 10.2 Å². The first-order valence-corrected chi connectivity index (χ1v) is 12.1. The molecule has 2 nitrogen and oxygen atoms in total. The topological polar surface area (TPSA) is 40.5 Å². The van der Waals surface area contributed by atoms with E-state index in [2.05, 4.69) is 0 Å². The fourth-order valence-electron chi connectivity index (χ4n) is 5.36. The first kappa shape index (κ1) is 22.2. The van der Waals surface area contributed by atoms with Crippen molar-refractivity contribution in [3.05, 3.63) is 168 Å². The van der Waals surface area contributed by atoms with Crippen LogP contribution in [0.3, 0.4) is 0 Å². The van der Waals surface area contributed by atoms with Gasteiger partial charge in [0.2, 0.25) is 0 Å². The van der Waals surface area contributed by atoms with Gasteiger partial charge in [-0.05, 0) is 55.9 Å². The minimum Gasteiger partial charge on any atom is -0.377 e. The van der Waals surface area contributed by atoms with E-state index in [1.165, 1.54) is 0 Å². The number of hydrogen-bond acceptors (Lipinski definition) is 2. The minimum absolute atomic E-state index is 0.611. The van der Waals surface area contributed by atoms with Crippen LogP contribution in [-0.2, 0) is 11.2 Å². The highest BCUT2D eigenvalue weighted by atomic mass is 16.4. The minimum atomic E-state index is -1.79. The van der Waals surface area contributed by atoms with E-state index in [1.807, 2.05) is 146 Å². The van der Waals surface area contributed by atoms with Crippen molar-refractivity contribution in [1.29, 1.82) is 0 Å². The Morgan fingerprint density at radius 2 is 0.639 bits per heavy atom. The van der Waals surface area contributed by atoms with Crippen LogP contribution >= 0.6 is 0 Å². The number of hydrogen-bond donors (Lipinski definition) is 2. The summed E-state index contributed by atoms with van der Waals surface area (Å²) >= 11 is 0. The Morgan fingerprint density at radius 3 is 1.03 bits per heavy atom. The van der Waals surface area contributed by atoms with E-state index in [4.69, 9.17) is 0 Å². The highest BCUT2D eigenvalue weighted by Gasteiger charge is 2.54. The summed E-state index contributed by atoms with van der Waals surface area (Å²) in [5.74, 6) is 0. The molecule has 0 amide bonds. The smallest absolute Gasteiger partial charge is 0.152 e. The standard InChI is InChI=1S/C34H26O2/c35-33(29-15-3-1-4-16-29,31-21-19-25-11-7-9-13-27(25)23-31)34(36,30-17-5-2-6-18-30)32-22-20-26-12-8-10-14-28(26)24-32/h1-24,35-36H. The number of rotatable bonds is 5. The lowest BCUT2D eigenvalue weighted by Crippen LogP contribution is -2.51. The molecule has 0 bridgehead atoms. The molecule has 0 heterocycles. The van der Waals surface area contributed by atoms with Gasteiger partial charge in [-0.25, -0.2) is 0 Å². The molecule has 2 N–H and O–H groups in total. The third-order valence-corrected chi connectivity index (χ3v) is 7.24. The molecular weight excluding hydrogens is 440 g/mol. The summed E-state index contributed by atoms with van der Waals surface area (Å²) in [6.07, 6.45) is 0. The molecule has 0 aliphatic carbocycles. The van der Waals surface area contributed by atoms with Crippen LogP contribution in [0.25, 0.3) is 21.5 Å². The van der Waals surface area contributed by atoms with Crippen molar-refractivity contribution >= 4 is 21.5 Å². The normalized spacial score (nSPS) is 14.8. The maximum Gasteiger partial charge on any atom is 0.152 e. The highest BCUT2D eigenvalue weighted by Crippen LogP contribution is 2.50. The predicted molar refractivity (Wildman–Crippen MR) is 147 cm³/mol. The van der Waals surface area contributed by atoms with Gasteiger partial charge in [-0.1, -0.05) is 133 Å². The molecule has 174 valence electrons. The van der Waals surface area contributed by atoms with Crippen LogP contribution in [0.4, 0.5) is 0 Å². The molecule has 0 radical (unpaired) electrons. The van der Waals surface area contributed by atoms with Crippen molar-refractivity contribution in [2.75, 3.05) is 0 Å². The van der Waals surface area contributed by atoms with Gasteiger partial charge in [-0.2, -0.15) is 0 Å². The number of fused-ring (bicyclic) bond motifs is 2. The molecule has 0 spiro atoms. The summed E-state index contributed by atoms with van der Waals surface area (Å²) in [7, 11) is 0. The second-order valence-electron chi connectivity index (χ2n) is 9.28. The zero-order chi connectivity index (χ0) is 24.6. The largest absolute Gasteiger partial charge is 0.377 e. The lowest BCUT2D eigenvalue weighted by atomic mass is 9.66. The predicted octanol–water partition coefficient (Wildman–Crippen LogP) is 7.17. The summed E-state index contributed by atoms with van der Waals surface area (Å²) in [6, 6.07) is 46.9. The van der Waals surface area contributed by atoms with Crippen molar-refractivity contribution in [2.24, 2.45) is 0 Å². The van der Waals surface area contributed by atoms with Gasteiger partial charge < -0.3 is 10.2 Å². The second kappa shape index (κ2) is 8.76. The molecule has 2 atom stereocenters. The van der Waals surface area contributed by atoms with Gasteiger partial charge in [0.05, 0.1) is 0 Å². The van der Waals surface area contributed by atoms with Crippen LogP contribution in [-0.4, -0.2) is 10.2 Å². The Bertz CT molecular complexity index is 1530. The SMILES string of the molecule is OC(c1ccccc1)(c1ccc2ccccc2c1)C(O)(c1ccccc1)c1ccc2ccccc2c1. The highest BCUT2D eigenvalue weighted by molar-refractivity contribution is 5.85. The average molecular weight is 467 g/mol. The second-order valence-corrected chi connectivity index (χ2v) is 9.28. The van der Waals surface area contributed by atoms with Gasteiger partial charge in [0.1, 0.15) is 0 Å². The Labute approximate surface area is 210 Å². The monoisotopic (exact) mass is 466 g/mol. The number of aliphatic hydroxyl groups is 2. The molecule has 2 heteroatoms. The first-order valence-electron chi connectivity index (χ1n) is 12.1. The van der Waals surface area contributed by atoms with Crippen LogP contribution in [0, 0.1) is 0 Å². The van der Waals surface area contributed by atoms with E-state index in [0.717, 1.165) is 21.5 Å². The summed E-state index contributed by atoms with van der Waals surface area (Å²) in [4.78, 5) is 0. The van der Waals surface area contributed by atoms with E-state index in [0.29, 0.717) is 22.3 Å². The van der Waals surface area contributed by atoms with Crippen molar-refractivity contribution in [3.63, 3.8) is 0 Å². The maximum atomic E-state index is 13.0. The van der Waals surface area contributed by atoms with E-state index < -0.39 is 11.2 Å². The van der Waals surface area contributed by atoms with Crippen LogP contribution in [0.2, 0.25) is 0 Å². The van der Waals surface area contributed by atoms with Gasteiger partial charge in [-0.15, -0.1) is 0 Å². The van der Waals surface area contributed by atoms with E-state index in [1.54, 1.807) is 0 Å². The Balaban J connectivity index is 1.71. The molecule has 36 heavy (non-hydrogen) atoms. The molecule has 0 fully saturated rings. The van der Waals surface area contributed by atoms with Crippen LogP contribution in [0.15, 0.2) is 146 Å². The van der Waals surface area contributed by atoms with Crippen LogP contribution in [0.1, 0.15) is 22.3 Å². The Morgan fingerprint density at radius 1 is 0.306 bits per heavy atom. The molecule has 6 aromatic carbocycles.